The normalized spacial score (nSPS) is 14.6. The van der Waals surface area contributed by atoms with Gasteiger partial charge in [0.25, 0.3) is 0 Å². The van der Waals surface area contributed by atoms with Crippen LogP contribution >= 0.6 is 0 Å². The Morgan fingerprint density at radius 3 is 2.00 bits per heavy atom. The number of nitrogens with one attached hydrogen (secondary N) is 1. The quantitative estimate of drug-likeness (QED) is 0.449. The standard InChI is InChI=1S/C16H36N2O3/c1-5-20-13-11-18(12-14-21-6-2)10-8-7-9-16(3,15-19)17-4/h17,19H,5-15H2,1-4H3. The predicted octanol–water partition coefficient (Wildman–Crippen LogP) is 1.50. The molecule has 0 fully saturated rings. The number of nitrogens with zero attached hydrogens (tertiary/aromatic N) is 1. The third-order valence-corrected chi connectivity index (χ3v) is 3.92. The van der Waals surface area contributed by atoms with E-state index in [1.165, 1.54) is 0 Å². The lowest BCUT2D eigenvalue weighted by molar-refractivity contribution is 0.0814. The van der Waals surface area contributed by atoms with E-state index in [0.29, 0.717) is 0 Å². The molecule has 0 amide bonds. The van der Waals surface area contributed by atoms with Crippen LogP contribution < -0.4 is 5.32 Å². The Kier molecular flexibility index (Phi) is 13.3. The Hall–Kier alpha value is -0.200. The Morgan fingerprint density at radius 2 is 1.57 bits per heavy atom. The molecule has 0 bridgehead atoms. The van der Waals surface area contributed by atoms with Crippen molar-refractivity contribution < 1.29 is 14.6 Å². The molecule has 0 aromatic heterocycles. The smallest absolute Gasteiger partial charge is 0.0610 e. The minimum atomic E-state index is -0.151. The van der Waals surface area contributed by atoms with Crippen LogP contribution in [0.2, 0.25) is 0 Å². The first-order valence-electron chi connectivity index (χ1n) is 8.29. The highest BCUT2D eigenvalue weighted by Crippen LogP contribution is 2.12. The van der Waals surface area contributed by atoms with Crippen LogP contribution in [0.4, 0.5) is 0 Å². The molecule has 2 N–H and O–H groups in total. The number of unbranched alkanes of at least 4 members (excludes halogenated alkanes) is 1. The lowest BCUT2D eigenvalue weighted by Crippen LogP contribution is -2.43. The van der Waals surface area contributed by atoms with E-state index in [9.17, 15) is 5.11 Å². The van der Waals surface area contributed by atoms with Crippen LogP contribution in [0.5, 0.6) is 0 Å². The first kappa shape index (κ1) is 20.8. The molecule has 0 rings (SSSR count). The van der Waals surface area contributed by atoms with Crippen LogP contribution in [0.15, 0.2) is 0 Å². The van der Waals surface area contributed by atoms with Gasteiger partial charge in [-0.1, -0.05) is 6.42 Å². The van der Waals surface area contributed by atoms with Gasteiger partial charge in [-0.25, -0.2) is 0 Å². The first-order chi connectivity index (χ1) is 10.1. The number of hydrogen-bond donors (Lipinski definition) is 2. The number of likely N-dealkylation sites (N-methyl/N-ethyl adjacent to an activating group) is 1. The monoisotopic (exact) mass is 304 g/mol. The predicted molar refractivity (Wildman–Crippen MR) is 87.8 cm³/mol. The summed E-state index contributed by atoms with van der Waals surface area (Å²) in [6.07, 6.45) is 3.23. The molecule has 0 aromatic carbocycles. The minimum Gasteiger partial charge on any atom is -0.394 e. The average Bonchev–Trinajstić information content (AvgIpc) is 2.51. The maximum absolute atomic E-state index is 9.37. The van der Waals surface area contributed by atoms with Crippen molar-refractivity contribution in [2.75, 3.05) is 59.7 Å². The molecule has 0 spiro atoms. The van der Waals surface area contributed by atoms with E-state index in [4.69, 9.17) is 9.47 Å². The molecular formula is C16H36N2O3. The number of rotatable bonds is 15. The van der Waals surface area contributed by atoms with E-state index in [0.717, 1.165) is 65.3 Å². The zero-order valence-electron chi connectivity index (χ0n) is 14.5. The zero-order chi connectivity index (χ0) is 16.0. The van der Waals surface area contributed by atoms with E-state index >= 15 is 0 Å². The maximum atomic E-state index is 9.37. The van der Waals surface area contributed by atoms with Gasteiger partial charge in [0, 0.05) is 31.8 Å². The van der Waals surface area contributed by atoms with E-state index in [1.54, 1.807) is 0 Å². The van der Waals surface area contributed by atoms with Crippen LogP contribution in [-0.4, -0.2) is 75.3 Å². The summed E-state index contributed by atoms with van der Waals surface area (Å²) in [4.78, 5) is 2.40. The fraction of sp³-hybridized carbons (Fsp3) is 1.00. The Balaban J connectivity index is 3.92. The largest absolute Gasteiger partial charge is 0.394 e. The summed E-state index contributed by atoms with van der Waals surface area (Å²) >= 11 is 0. The van der Waals surface area contributed by atoms with Gasteiger partial charge in [0.1, 0.15) is 0 Å². The molecule has 0 saturated carbocycles. The lowest BCUT2D eigenvalue weighted by atomic mass is 9.96. The molecule has 5 heteroatoms. The second-order valence-corrected chi connectivity index (χ2v) is 5.66. The fourth-order valence-electron chi connectivity index (χ4n) is 2.15. The summed E-state index contributed by atoms with van der Waals surface area (Å²) in [7, 11) is 1.91. The van der Waals surface area contributed by atoms with E-state index in [-0.39, 0.29) is 12.1 Å². The van der Waals surface area contributed by atoms with Crippen molar-refractivity contribution in [3.63, 3.8) is 0 Å². The van der Waals surface area contributed by atoms with Crippen molar-refractivity contribution in [1.29, 1.82) is 0 Å². The van der Waals surface area contributed by atoms with Crippen LogP contribution in [0.1, 0.15) is 40.0 Å². The number of aliphatic hydroxyl groups excluding tert-OH is 1. The zero-order valence-corrected chi connectivity index (χ0v) is 14.5. The third kappa shape index (κ3) is 11.1. The van der Waals surface area contributed by atoms with Crippen LogP contribution in [0, 0.1) is 0 Å². The highest BCUT2D eigenvalue weighted by Gasteiger charge is 2.19. The third-order valence-electron chi connectivity index (χ3n) is 3.92. The van der Waals surface area contributed by atoms with E-state index < -0.39 is 0 Å². The van der Waals surface area contributed by atoms with Crippen LogP contribution in [0.3, 0.4) is 0 Å². The van der Waals surface area contributed by atoms with Crippen LogP contribution in [0.25, 0.3) is 0 Å². The Bertz CT molecular complexity index is 214. The van der Waals surface area contributed by atoms with Crippen molar-refractivity contribution in [2.45, 2.75) is 45.6 Å². The summed E-state index contributed by atoms with van der Waals surface area (Å²) < 4.78 is 10.9. The Labute approximate surface area is 131 Å². The second-order valence-electron chi connectivity index (χ2n) is 5.66. The average molecular weight is 304 g/mol. The van der Waals surface area contributed by atoms with Gasteiger partial charge in [0.05, 0.1) is 19.8 Å². The maximum Gasteiger partial charge on any atom is 0.0610 e. The van der Waals surface area contributed by atoms with Crippen molar-refractivity contribution in [2.24, 2.45) is 0 Å². The molecule has 0 aliphatic heterocycles. The molecular weight excluding hydrogens is 268 g/mol. The summed E-state index contributed by atoms with van der Waals surface area (Å²) in [6, 6.07) is 0. The van der Waals surface area contributed by atoms with Gasteiger partial charge >= 0.3 is 0 Å². The highest BCUT2D eigenvalue weighted by molar-refractivity contribution is 4.80. The lowest BCUT2D eigenvalue weighted by Gasteiger charge is -2.27. The van der Waals surface area contributed by atoms with Gasteiger partial charge < -0.3 is 19.9 Å². The topological polar surface area (TPSA) is 54.0 Å². The van der Waals surface area contributed by atoms with E-state index in [2.05, 4.69) is 17.1 Å². The molecule has 0 radical (unpaired) electrons. The molecule has 5 nitrogen and oxygen atoms in total. The summed E-state index contributed by atoms with van der Waals surface area (Å²) in [5, 5.41) is 12.6. The molecule has 0 aliphatic carbocycles. The summed E-state index contributed by atoms with van der Waals surface area (Å²) in [6.45, 7) is 12.4. The molecule has 1 atom stereocenters. The van der Waals surface area contributed by atoms with Crippen molar-refractivity contribution >= 4 is 0 Å². The molecule has 128 valence electrons. The van der Waals surface area contributed by atoms with Gasteiger partial charge in [-0.05, 0) is 47.2 Å². The second kappa shape index (κ2) is 13.5. The highest BCUT2D eigenvalue weighted by atomic mass is 16.5. The molecule has 0 saturated heterocycles. The molecule has 0 aromatic rings. The van der Waals surface area contributed by atoms with Crippen LogP contribution in [-0.2, 0) is 9.47 Å². The van der Waals surface area contributed by atoms with Gasteiger partial charge in [0.15, 0.2) is 0 Å². The van der Waals surface area contributed by atoms with Crippen molar-refractivity contribution in [1.82, 2.24) is 10.2 Å². The number of hydrogen-bond acceptors (Lipinski definition) is 5. The fourth-order valence-corrected chi connectivity index (χ4v) is 2.15. The number of ether oxygens (including phenoxy) is 2. The molecule has 21 heavy (non-hydrogen) atoms. The molecule has 0 aliphatic rings. The van der Waals surface area contributed by atoms with E-state index in [1.807, 2.05) is 20.9 Å². The minimum absolute atomic E-state index is 0.151. The molecule has 1 unspecified atom stereocenters. The Morgan fingerprint density at radius 1 is 1.00 bits per heavy atom. The van der Waals surface area contributed by atoms with Gasteiger partial charge in [-0.3, -0.25) is 4.90 Å². The van der Waals surface area contributed by atoms with Gasteiger partial charge in [0.2, 0.25) is 0 Å². The first-order valence-corrected chi connectivity index (χ1v) is 8.29. The van der Waals surface area contributed by atoms with Gasteiger partial charge in [-0.2, -0.15) is 0 Å². The SMILES string of the molecule is CCOCCN(CCCCC(C)(CO)NC)CCOCC. The molecule has 0 heterocycles. The van der Waals surface area contributed by atoms with Crippen molar-refractivity contribution in [3.05, 3.63) is 0 Å². The number of aliphatic hydroxyl groups is 1. The summed E-state index contributed by atoms with van der Waals surface area (Å²) in [5.41, 5.74) is -0.151. The van der Waals surface area contributed by atoms with Crippen molar-refractivity contribution in [3.8, 4) is 0 Å². The summed E-state index contributed by atoms with van der Waals surface area (Å²) in [5.74, 6) is 0. The van der Waals surface area contributed by atoms with Gasteiger partial charge in [-0.15, -0.1) is 0 Å².